The first-order valence-electron chi connectivity index (χ1n) is 7.52. The van der Waals surface area contributed by atoms with Crippen molar-refractivity contribution in [3.8, 4) is 0 Å². The summed E-state index contributed by atoms with van der Waals surface area (Å²) >= 11 is 0. The molecule has 0 bridgehead atoms. The number of likely N-dealkylation sites (tertiary alicyclic amines) is 1. The van der Waals surface area contributed by atoms with Gasteiger partial charge in [-0.25, -0.2) is 0 Å². The predicted octanol–water partition coefficient (Wildman–Crippen LogP) is 3.38. The Hall–Kier alpha value is -0.570. The highest BCUT2D eigenvalue weighted by molar-refractivity contribution is 5.82. The molecule has 3 N–H and O–H groups in total. The highest BCUT2D eigenvalue weighted by Crippen LogP contribution is 2.23. The highest BCUT2D eigenvalue weighted by Gasteiger charge is 2.21. The van der Waals surface area contributed by atoms with Crippen LogP contribution in [-0.2, 0) is 0 Å². The number of unbranched alkanes of at least 4 members (excludes halogenated alkanes) is 1. The number of hydrogen-bond acceptors (Lipinski definition) is 2. The maximum atomic E-state index is 7.56. The van der Waals surface area contributed by atoms with Crippen LogP contribution in [0.25, 0.3) is 0 Å². The molecule has 0 radical (unpaired) electrons. The van der Waals surface area contributed by atoms with Gasteiger partial charge < -0.3 is 10.6 Å². The van der Waals surface area contributed by atoms with Crippen LogP contribution in [0.5, 0.6) is 0 Å². The van der Waals surface area contributed by atoms with Crippen LogP contribution in [0.1, 0.15) is 65.7 Å². The molecule has 0 spiro atoms. The summed E-state index contributed by atoms with van der Waals surface area (Å²) < 4.78 is 0. The van der Waals surface area contributed by atoms with Crippen LogP contribution in [0.3, 0.4) is 0 Å². The normalized spacial score (nSPS) is 22.7. The van der Waals surface area contributed by atoms with E-state index in [1.165, 1.54) is 51.6 Å². The fourth-order valence-electron chi connectivity index (χ4n) is 2.68. The van der Waals surface area contributed by atoms with Crippen molar-refractivity contribution < 1.29 is 0 Å². The Morgan fingerprint density at radius 2 is 2.00 bits per heavy atom. The zero-order valence-electron chi connectivity index (χ0n) is 12.5. The first-order valence-corrected chi connectivity index (χ1v) is 7.52. The number of nitrogens with two attached hydrogens (primary N) is 1. The zero-order valence-corrected chi connectivity index (χ0v) is 12.5. The van der Waals surface area contributed by atoms with Crippen LogP contribution in [0.4, 0.5) is 0 Å². The van der Waals surface area contributed by atoms with E-state index in [4.69, 9.17) is 11.1 Å². The van der Waals surface area contributed by atoms with Crippen molar-refractivity contribution in [2.24, 2.45) is 11.1 Å². The Bertz CT molecular complexity index is 260. The molecule has 1 unspecified atom stereocenters. The first kappa shape index (κ1) is 15.5. The van der Waals surface area contributed by atoms with Gasteiger partial charge in [0.05, 0.1) is 5.84 Å². The first-order chi connectivity index (χ1) is 8.43. The van der Waals surface area contributed by atoms with Gasteiger partial charge >= 0.3 is 0 Å². The summed E-state index contributed by atoms with van der Waals surface area (Å²) in [5.41, 5.74) is 5.49. The second-order valence-electron chi connectivity index (χ2n) is 6.49. The van der Waals surface area contributed by atoms with E-state index in [1.807, 2.05) is 0 Å². The Labute approximate surface area is 113 Å². The fraction of sp³-hybridized carbons (Fsp3) is 0.933. The topological polar surface area (TPSA) is 53.1 Å². The van der Waals surface area contributed by atoms with Crippen molar-refractivity contribution in [2.75, 3.05) is 13.1 Å². The van der Waals surface area contributed by atoms with Gasteiger partial charge in [0.1, 0.15) is 0 Å². The number of nitrogens with zero attached hydrogens (tertiary/aromatic N) is 1. The highest BCUT2D eigenvalue weighted by atomic mass is 15.1. The Balaban J connectivity index is 2.22. The number of rotatable bonds is 6. The molecule has 0 amide bonds. The third-order valence-electron chi connectivity index (χ3n) is 4.42. The lowest BCUT2D eigenvalue weighted by Crippen LogP contribution is -2.34. The van der Waals surface area contributed by atoms with Crippen molar-refractivity contribution in [3.05, 3.63) is 0 Å². The monoisotopic (exact) mass is 253 g/mol. The van der Waals surface area contributed by atoms with Crippen molar-refractivity contribution in [1.82, 2.24) is 4.90 Å². The quantitative estimate of drug-likeness (QED) is 0.433. The Morgan fingerprint density at radius 1 is 1.28 bits per heavy atom. The molecule has 3 heteroatoms. The third kappa shape index (κ3) is 4.97. The average molecular weight is 253 g/mol. The number of hydrogen-bond donors (Lipinski definition) is 2. The van der Waals surface area contributed by atoms with Gasteiger partial charge in [-0.3, -0.25) is 5.41 Å². The van der Waals surface area contributed by atoms with Crippen molar-refractivity contribution in [3.63, 3.8) is 0 Å². The largest absolute Gasteiger partial charge is 0.387 e. The van der Waals surface area contributed by atoms with Gasteiger partial charge in [-0.15, -0.1) is 0 Å². The molecule has 106 valence electrons. The summed E-state index contributed by atoms with van der Waals surface area (Å²) in [5.74, 6) is 0.325. The van der Waals surface area contributed by atoms with Gasteiger partial charge in [0, 0.05) is 11.5 Å². The van der Waals surface area contributed by atoms with Crippen LogP contribution < -0.4 is 5.73 Å². The molecule has 0 aromatic heterocycles. The van der Waals surface area contributed by atoms with Crippen molar-refractivity contribution in [2.45, 2.75) is 71.8 Å². The second-order valence-corrected chi connectivity index (χ2v) is 6.49. The number of nitrogens with one attached hydrogen (secondary N) is 1. The van der Waals surface area contributed by atoms with Crippen molar-refractivity contribution >= 4 is 5.84 Å². The van der Waals surface area contributed by atoms with Crippen molar-refractivity contribution in [1.29, 1.82) is 5.41 Å². The molecular weight excluding hydrogens is 222 g/mol. The van der Waals surface area contributed by atoms with E-state index in [9.17, 15) is 0 Å². The molecule has 1 aliphatic heterocycles. The van der Waals surface area contributed by atoms with E-state index in [-0.39, 0.29) is 5.41 Å². The molecule has 18 heavy (non-hydrogen) atoms. The molecular formula is C15H31N3. The Morgan fingerprint density at radius 3 is 2.67 bits per heavy atom. The van der Waals surface area contributed by atoms with Gasteiger partial charge in [-0.05, 0) is 45.7 Å². The van der Waals surface area contributed by atoms with E-state index in [0.717, 1.165) is 12.5 Å². The predicted molar refractivity (Wildman–Crippen MR) is 79.0 cm³/mol. The van der Waals surface area contributed by atoms with Gasteiger partial charge in [-0.2, -0.15) is 0 Å². The summed E-state index contributed by atoms with van der Waals surface area (Å²) in [6.45, 7) is 9.00. The maximum absolute atomic E-state index is 7.56. The van der Waals surface area contributed by atoms with Gasteiger partial charge in [0.15, 0.2) is 0 Å². The number of amidine groups is 1. The minimum absolute atomic E-state index is 0.121. The SMILES string of the molecule is CC1CCCCCN1CCCCC(C)(C)C(=N)N. The molecule has 3 nitrogen and oxygen atoms in total. The summed E-state index contributed by atoms with van der Waals surface area (Å²) in [4.78, 5) is 2.65. The second kappa shape index (κ2) is 7.13. The summed E-state index contributed by atoms with van der Waals surface area (Å²) in [5, 5.41) is 7.56. The molecule has 1 aliphatic rings. The van der Waals surface area contributed by atoms with Crippen LogP contribution in [-0.4, -0.2) is 29.9 Å². The molecule has 1 heterocycles. The van der Waals surface area contributed by atoms with E-state index in [0.29, 0.717) is 5.84 Å². The molecule has 0 saturated carbocycles. The molecule has 0 aliphatic carbocycles. The lowest BCUT2D eigenvalue weighted by Gasteiger charge is -2.28. The van der Waals surface area contributed by atoms with E-state index in [2.05, 4.69) is 25.7 Å². The average Bonchev–Trinajstić information content (AvgIpc) is 2.50. The van der Waals surface area contributed by atoms with Crippen LogP contribution in [0.2, 0.25) is 0 Å². The maximum Gasteiger partial charge on any atom is 0.0963 e. The zero-order chi connectivity index (χ0) is 13.6. The summed E-state index contributed by atoms with van der Waals surface area (Å²) in [7, 11) is 0. The lowest BCUT2D eigenvalue weighted by molar-refractivity contribution is 0.207. The minimum Gasteiger partial charge on any atom is -0.387 e. The van der Waals surface area contributed by atoms with Gasteiger partial charge in [0.2, 0.25) is 0 Å². The molecule has 0 aromatic rings. The summed E-state index contributed by atoms with van der Waals surface area (Å²) in [6.07, 6.45) is 8.97. The van der Waals surface area contributed by atoms with Gasteiger partial charge in [-0.1, -0.05) is 33.1 Å². The van der Waals surface area contributed by atoms with E-state index < -0.39 is 0 Å². The van der Waals surface area contributed by atoms with Crippen LogP contribution in [0.15, 0.2) is 0 Å². The molecule has 1 fully saturated rings. The van der Waals surface area contributed by atoms with E-state index >= 15 is 0 Å². The Kier molecular flexibility index (Phi) is 6.13. The van der Waals surface area contributed by atoms with Crippen LogP contribution in [0, 0.1) is 10.8 Å². The third-order valence-corrected chi connectivity index (χ3v) is 4.42. The van der Waals surface area contributed by atoms with E-state index in [1.54, 1.807) is 0 Å². The minimum atomic E-state index is -0.121. The molecule has 1 saturated heterocycles. The molecule has 0 aromatic carbocycles. The van der Waals surface area contributed by atoms with Gasteiger partial charge in [0.25, 0.3) is 0 Å². The lowest BCUT2D eigenvalue weighted by atomic mass is 9.86. The standard InChI is InChI=1S/C15H31N3/c1-13-9-5-4-7-11-18(13)12-8-6-10-15(2,3)14(16)17/h13H,4-12H2,1-3H3,(H3,16,17). The smallest absolute Gasteiger partial charge is 0.0963 e. The molecule has 1 atom stereocenters. The van der Waals surface area contributed by atoms with Crippen LogP contribution >= 0.6 is 0 Å². The summed E-state index contributed by atoms with van der Waals surface area (Å²) in [6, 6.07) is 0.758. The molecule has 1 rings (SSSR count). The fourth-order valence-corrected chi connectivity index (χ4v) is 2.68.